The Hall–Kier alpha value is -1.78. The van der Waals surface area contributed by atoms with Gasteiger partial charge in [0.15, 0.2) is 0 Å². The standard InChI is InChI=1S/C15H18F3NO/c1-3-7-12(2)20-14(15(16,17)18)19-11-10-13-8-5-4-6-9-13/h3-9,12H,10-11H2,1-2H3/b7-3+,19-14?/t12-/m1/s1. The van der Waals surface area contributed by atoms with Gasteiger partial charge in [-0.2, -0.15) is 13.2 Å². The summed E-state index contributed by atoms with van der Waals surface area (Å²) >= 11 is 0. The topological polar surface area (TPSA) is 21.6 Å². The molecule has 0 heterocycles. The van der Waals surface area contributed by atoms with Gasteiger partial charge in [-0.05, 0) is 31.9 Å². The first-order valence-electron chi connectivity index (χ1n) is 6.38. The molecule has 1 aromatic carbocycles. The first-order valence-corrected chi connectivity index (χ1v) is 6.38. The smallest absolute Gasteiger partial charge is 0.467 e. The monoisotopic (exact) mass is 285 g/mol. The average molecular weight is 285 g/mol. The fraction of sp³-hybridized carbons (Fsp3) is 0.400. The zero-order chi connectivity index (χ0) is 15.0. The fourth-order valence-corrected chi connectivity index (χ4v) is 1.61. The lowest BCUT2D eigenvalue weighted by atomic mass is 10.2. The van der Waals surface area contributed by atoms with Gasteiger partial charge in [-0.25, -0.2) is 4.99 Å². The second-order valence-corrected chi connectivity index (χ2v) is 4.27. The van der Waals surface area contributed by atoms with Crippen molar-refractivity contribution >= 4 is 5.90 Å². The van der Waals surface area contributed by atoms with Gasteiger partial charge in [0.05, 0.1) is 0 Å². The van der Waals surface area contributed by atoms with Crippen molar-refractivity contribution in [1.82, 2.24) is 0 Å². The van der Waals surface area contributed by atoms with E-state index in [0.29, 0.717) is 6.42 Å². The van der Waals surface area contributed by atoms with Gasteiger partial charge in [-0.1, -0.05) is 36.4 Å². The predicted octanol–water partition coefficient (Wildman–Crippen LogP) is 4.17. The summed E-state index contributed by atoms with van der Waals surface area (Å²) in [7, 11) is 0. The number of halogens is 3. The third-order valence-electron chi connectivity index (χ3n) is 2.50. The van der Waals surface area contributed by atoms with Crippen LogP contribution in [0.5, 0.6) is 0 Å². The van der Waals surface area contributed by atoms with E-state index in [2.05, 4.69) is 4.99 Å². The van der Waals surface area contributed by atoms with E-state index in [4.69, 9.17) is 4.74 Å². The summed E-state index contributed by atoms with van der Waals surface area (Å²) in [6, 6.07) is 9.25. The number of rotatable bonds is 5. The highest BCUT2D eigenvalue weighted by Crippen LogP contribution is 2.19. The summed E-state index contributed by atoms with van der Waals surface area (Å²) in [5, 5.41) is 0. The number of hydrogen-bond acceptors (Lipinski definition) is 2. The molecule has 110 valence electrons. The SMILES string of the molecule is C/C=C/[C@@H](C)OC(=NCCc1ccccc1)C(F)(F)F. The van der Waals surface area contributed by atoms with E-state index in [1.165, 1.54) is 0 Å². The van der Waals surface area contributed by atoms with Crippen LogP contribution in [0.3, 0.4) is 0 Å². The molecular weight excluding hydrogens is 267 g/mol. The van der Waals surface area contributed by atoms with Crippen LogP contribution in [0.2, 0.25) is 0 Å². The van der Waals surface area contributed by atoms with Crippen LogP contribution in [0, 0.1) is 0 Å². The van der Waals surface area contributed by atoms with Crippen LogP contribution in [0.4, 0.5) is 13.2 Å². The van der Waals surface area contributed by atoms with Crippen molar-refractivity contribution < 1.29 is 17.9 Å². The van der Waals surface area contributed by atoms with Crippen LogP contribution >= 0.6 is 0 Å². The number of ether oxygens (including phenoxy) is 1. The van der Waals surface area contributed by atoms with Gasteiger partial charge in [0.1, 0.15) is 6.10 Å². The van der Waals surface area contributed by atoms with Crippen LogP contribution in [-0.4, -0.2) is 24.7 Å². The molecule has 0 aliphatic rings. The molecule has 1 atom stereocenters. The summed E-state index contributed by atoms with van der Waals surface area (Å²) < 4.78 is 43.1. The van der Waals surface area contributed by atoms with Crippen molar-refractivity contribution in [3.63, 3.8) is 0 Å². The van der Waals surface area contributed by atoms with E-state index >= 15 is 0 Å². The van der Waals surface area contributed by atoms with Crippen molar-refractivity contribution in [2.45, 2.75) is 32.5 Å². The molecule has 0 fully saturated rings. The highest BCUT2D eigenvalue weighted by atomic mass is 19.4. The number of alkyl halides is 3. The largest absolute Gasteiger partial charge is 0.468 e. The Balaban J connectivity index is 2.66. The molecule has 20 heavy (non-hydrogen) atoms. The third-order valence-corrected chi connectivity index (χ3v) is 2.50. The summed E-state index contributed by atoms with van der Waals surface area (Å²) in [4.78, 5) is 3.55. The Kier molecular flexibility index (Phi) is 6.28. The highest BCUT2D eigenvalue weighted by Gasteiger charge is 2.38. The molecule has 2 nitrogen and oxygen atoms in total. The van der Waals surface area contributed by atoms with Crippen molar-refractivity contribution in [2.75, 3.05) is 6.54 Å². The maximum Gasteiger partial charge on any atom is 0.468 e. The molecule has 0 aliphatic carbocycles. The van der Waals surface area contributed by atoms with E-state index in [-0.39, 0.29) is 6.54 Å². The minimum Gasteiger partial charge on any atom is -0.467 e. The molecule has 0 saturated carbocycles. The predicted molar refractivity (Wildman–Crippen MR) is 73.9 cm³/mol. The van der Waals surface area contributed by atoms with Crippen LogP contribution < -0.4 is 0 Å². The maximum absolute atomic E-state index is 12.8. The molecular formula is C15H18F3NO. The molecule has 0 saturated heterocycles. The lowest BCUT2D eigenvalue weighted by Gasteiger charge is -2.15. The zero-order valence-electron chi connectivity index (χ0n) is 11.5. The maximum atomic E-state index is 12.8. The Morgan fingerprint density at radius 1 is 1.30 bits per heavy atom. The van der Waals surface area contributed by atoms with Crippen LogP contribution in [0.1, 0.15) is 19.4 Å². The first kappa shape index (κ1) is 16.3. The van der Waals surface area contributed by atoms with E-state index < -0.39 is 18.2 Å². The van der Waals surface area contributed by atoms with Gasteiger partial charge in [0.2, 0.25) is 0 Å². The quantitative estimate of drug-likeness (QED) is 0.452. The van der Waals surface area contributed by atoms with Gasteiger partial charge in [0, 0.05) is 6.54 Å². The van der Waals surface area contributed by atoms with Crippen LogP contribution in [0.25, 0.3) is 0 Å². The van der Waals surface area contributed by atoms with Gasteiger partial charge in [-0.15, -0.1) is 0 Å². The van der Waals surface area contributed by atoms with Crippen molar-refractivity contribution in [3.8, 4) is 0 Å². The number of hydrogen-bond donors (Lipinski definition) is 0. The molecule has 0 unspecified atom stereocenters. The number of nitrogens with zero attached hydrogens (tertiary/aromatic N) is 1. The Labute approximate surface area is 117 Å². The molecule has 5 heteroatoms. The minimum absolute atomic E-state index is 0.0431. The second kappa shape index (κ2) is 7.72. The summed E-state index contributed by atoms with van der Waals surface area (Å²) in [6.45, 7) is 3.31. The molecule has 1 rings (SSSR count). The van der Waals surface area contributed by atoms with E-state index in [1.54, 1.807) is 26.0 Å². The van der Waals surface area contributed by atoms with Crippen molar-refractivity contribution in [2.24, 2.45) is 4.99 Å². The molecule has 0 spiro atoms. The fourth-order valence-electron chi connectivity index (χ4n) is 1.61. The van der Waals surface area contributed by atoms with Crippen LogP contribution in [0.15, 0.2) is 47.5 Å². The molecule has 0 bridgehead atoms. The summed E-state index contributed by atoms with van der Waals surface area (Å²) in [5.41, 5.74) is 0.944. The second-order valence-electron chi connectivity index (χ2n) is 4.27. The Morgan fingerprint density at radius 2 is 1.95 bits per heavy atom. The molecule has 0 N–H and O–H groups in total. The Morgan fingerprint density at radius 3 is 2.50 bits per heavy atom. The highest BCUT2D eigenvalue weighted by molar-refractivity contribution is 5.82. The number of aliphatic imine (C=N–C) groups is 1. The van der Waals surface area contributed by atoms with Crippen LogP contribution in [-0.2, 0) is 11.2 Å². The number of allylic oxidation sites excluding steroid dienone is 1. The van der Waals surface area contributed by atoms with Gasteiger partial charge in [0.25, 0.3) is 5.90 Å². The van der Waals surface area contributed by atoms with Crippen molar-refractivity contribution in [3.05, 3.63) is 48.0 Å². The lowest BCUT2D eigenvalue weighted by Crippen LogP contribution is -2.29. The van der Waals surface area contributed by atoms with E-state index in [1.807, 2.05) is 30.3 Å². The molecule has 0 aromatic heterocycles. The first-order chi connectivity index (χ1) is 9.43. The number of benzene rings is 1. The summed E-state index contributed by atoms with van der Waals surface area (Å²) in [5.74, 6) is -1.17. The third kappa shape index (κ3) is 5.91. The van der Waals surface area contributed by atoms with Gasteiger partial charge >= 0.3 is 6.18 Å². The Bertz CT molecular complexity index is 452. The molecule has 0 radical (unpaired) electrons. The molecule has 1 aromatic rings. The van der Waals surface area contributed by atoms with Crippen molar-refractivity contribution in [1.29, 1.82) is 0 Å². The molecule has 0 amide bonds. The molecule has 0 aliphatic heterocycles. The van der Waals surface area contributed by atoms with Gasteiger partial charge in [-0.3, -0.25) is 0 Å². The normalized spacial score (nSPS) is 14.6. The lowest BCUT2D eigenvalue weighted by molar-refractivity contribution is -0.0808. The zero-order valence-corrected chi connectivity index (χ0v) is 11.5. The van der Waals surface area contributed by atoms with E-state index in [0.717, 1.165) is 5.56 Å². The summed E-state index contributed by atoms with van der Waals surface area (Å²) in [6.07, 6.45) is -1.59. The average Bonchev–Trinajstić information content (AvgIpc) is 2.38. The minimum atomic E-state index is -4.56. The van der Waals surface area contributed by atoms with E-state index in [9.17, 15) is 13.2 Å². The van der Waals surface area contributed by atoms with Gasteiger partial charge < -0.3 is 4.74 Å².